The molecule has 5 nitrogen and oxygen atoms in total. The first-order valence-electron chi connectivity index (χ1n) is 4.95. The van der Waals surface area contributed by atoms with Crippen LogP contribution in [0.3, 0.4) is 0 Å². The lowest BCUT2D eigenvalue weighted by Crippen LogP contribution is -2.24. The number of carboxylic acids is 1. The molecule has 15 heavy (non-hydrogen) atoms. The molecule has 0 aromatic carbocycles. The summed E-state index contributed by atoms with van der Waals surface area (Å²) >= 11 is 0. The van der Waals surface area contributed by atoms with Gasteiger partial charge in [0.1, 0.15) is 0 Å². The number of aromatic nitrogens is 2. The van der Waals surface area contributed by atoms with E-state index in [0.717, 1.165) is 13.1 Å². The van der Waals surface area contributed by atoms with Crippen molar-refractivity contribution in [3.05, 3.63) is 18.0 Å². The van der Waals surface area contributed by atoms with E-state index in [2.05, 4.69) is 9.97 Å². The van der Waals surface area contributed by atoms with Crippen molar-refractivity contribution >= 4 is 11.9 Å². The van der Waals surface area contributed by atoms with E-state index in [1.165, 1.54) is 0 Å². The normalized spacial score (nSPS) is 10.0. The van der Waals surface area contributed by atoms with Crippen molar-refractivity contribution in [2.24, 2.45) is 0 Å². The van der Waals surface area contributed by atoms with Crippen molar-refractivity contribution in [2.45, 2.75) is 20.3 Å². The van der Waals surface area contributed by atoms with E-state index in [4.69, 9.17) is 5.11 Å². The molecule has 0 fully saturated rings. The number of carboxylic acid groups (broad SMARTS) is 1. The van der Waals surface area contributed by atoms with Crippen LogP contribution >= 0.6 is 0 Å². The second-order valence-corrected chi connectivity index (χ2v) is 3.13. The number of rotatable bonds is 5. The van der Waals surface area contributed by atoms with E-state index in [1.54, 1.807) is 12.4 Å². The molecule has 1 rings (SSSR count). The summed E-state index contributed by atoms with van der Waals surface area (Å²) in [6, 6.07) is 0. The third-order valence-corrected chi connectivity index (χ3v) is 2.09. The van der Waals surface area contributed by atoms with Crippen LogP contribution in [-0.4, -0.2) is 34.1 Å². The van der Waals surface area contributed by atoms with Crippen LogP contribution in [0.1, 0.15) is 19.4 Å². The summed E-state index contributed by atoms with van der Waals surface area (Å²) in [5.74, 6) is -0.219. The first-order valence-corrected chi connectivity index (χ1v) is 4.95. The van der Waals surface area contributed by atoms with Crippen molar-refractivity contribution in [3.8, 4) is 0 Å². The van der Waals surface area contributed by atoms with Gasteiger partial charge in [-0.3, -0.25) is 4.79 Å². The molecule has 0 aliphatic carbocycles. The molecule has 0 amide bonds. The van der Waals surface area contributed by atoms with Crippen LogP contribution in [0, 0.1) is 0 Å². The summed E-state index contributed by atoms with van der Waals surface area (Å²) in [4.78, 5) is 20.7. The number of hydrogen-bond donors (Lipinski definition) is 1. The van der Waals surface area contributed by atoms with E-state index >= 15 is 0 Å². The third-order valence-electron chi connectivity index (χ3n) is 2.09. The number of nitrogens with zero attached hydrogens (tertiary/aromatic N) is 3. The van der Waals surface area contributed by atoms with Crippen molar-refractivity contribution in [2.75, 3.05) is 18.0 Å². The van der Waals surface area contributed by atoms with Gasteiger partial charge in [-0.2, -0.15) is 0 Å². The van der Waals surface area contributed by atoms with E-state index in [1.807, 2.05) is 18.7 Å². The molecule has 82 valence electrons. The minimum atomic E-state index is -0.866. The van der Waals surface area contributed by atoms with Crippen LogP contribution in [0.15, 0.2) is 12.4 Å². The van der Waals surface area contributed by atoms with Gasteiger partial charge in [0, 0.05) is 31.0 Å². The zero-order valence-corrected chi connectivity index (χ0v) is 8.97. The highest BCUT2D eigenvalue weighted by Crippen LogP contribution is 2.06. The Labute approximate surface area is 88.8 Å². The number of aliphatic carboxylic acids is 1. The van der Waals surface area contributed by atoms with E-state index in [-0.39, 0.29) is 6.42 Å². The average molecular weight is 209 g/mol. The summed E-state index contributed by atoms with van der Waals surface area (Å²) in [5, 5.41) is 8.57. The Hall–Kier alpha value is -1.65. The second kappa shape index (κ2) is 5.29. The molecular formula is C10H15N3O2. The van der Waals surface area contributed by atoms with E-state index in [9.17, 15) is 4.79 Å². The minimum Gasteiger partial charge on any atom is -0.481 e. The predicted molar refractivity (Wildman–Crippen MR) is 56.9 cm³/mol. The molecule has 0 bridgehead atoms. The quantitative estimate of drug-likeness (QED) is 0.782. The fourth-order valence-electron chi connectivity index (χ4n) is 1.28. The Bertz CT molecular complexity index is 320. The molecule has 0 radical (unpaired) electrons. The minimum absolute atomic E-state index is 0.0292. The smallest absolute Gasteiger partial charge is 0.307 e. The van der Waals surface area contributed by atoms with Gasteiger partial charge < -0.3 is 10.0 Å². The van der Waals surface area contributed by atoms with Gasteiger partial charge in [0.25, 0.3) is 0 Å². The molecule has 5 heteroatoms. The Kier molecular flexibility index (Phi) is 4.03. The molecule has 0 aliphatic rings. The first kappa shape index (κ1) is 11.4. The van der Waals surface area contributed by atoms with Gasteiger partial charge in [0.05, 0.1) is 6.42 Å². The van der Waals surface area contributed by atoms with Gasteiger partial charge in [-0.1, -0.05) is 0 Å². The molecular weight excluding hydrogens is 194 g/mol. The number of anilines is 1. The maximum atomic E-state index is 10.4. The second-order valence-electron chi connectivity index (χ2n) is 3.13. The fraction of sp³-hybridized carbons (Fsp3) is 0.500. The van der Waals surface area contributed by atoms with Crippen LogP contribution in [-0.2, 0) is 11.2 Å². The van der Waals surface area contributed by atoms with Gasteiger partial charge in [0.15, 0.2) is 0 Å². The van der Waals surface area contributed by atoms with Crippen molar-refractivity contribution in [1.29, 1.82) is 0 Å². The predicted octanol–water partition coefficient (Wildman–Crippen LogP) is 0.950. The highest BCUT2D eigenvalue weighted by Gasteiger charge is 2.06. The lowest BCUT2D eigenvalue weighted by molar-refractivity contribution is -0.136. The Balaban J connectivity index is 2.75. The van der Waals surface area contributed by atoms with Gasteiger partial charge in [-0.15, -0.1) is 0 Å². The number of carbonyl (C=O) groups is 1. The highest BCUT2D eigenvalue weighted by molar-refractivity contribution is 5.69. The fourth-order valence-corrected chi connectivity index (χ4v) is 1.28. The molecule has 1 aromatic rings. The molecule has 1 N–H and O–H groups in total. The SMILES string of the molecule is CCN(CC)c1ncc(CC(=O)O)cn1. The maximum absolute atomic E-state index is 10.4. The third kappa shape index (κ3) is 3.19. The Morgan fingerprint density at radius 3 is 2.27 bits per heavy atom. The molecule has 0 aliphatic heterocycles. The van der Waals surface area contributed by atoms with Crippen LogP contribution in [0.2, 0.25) is 0 Å². The molecule has 1 heterocycles. The Morgan fingerprint density at radius 1 is 1.33 bits per heavy atom. The monoisotopic (exact) mass is 209 g/mol. The molecule has 0 unspecified atom stereocenters. The van der Waals surface area contributed by atoms with Crippen LogP contribution in [0.4, 0.5) is 5.95 Å². The maximum Gasteiger partial charge on any atom is 0.307 e. The highest BCUT2D eigenvalue weighted by atomic mass is 16.4. The van der Waals surface area contributed by atoms with Crippen molar-refractivity contribution in [3.63, 3.8) is 0 Å². The van der Waals surface area contributed by atoms with Crippen LogP contribution < -0.4 is 4.90 Å². The molecule has 0 saturated heterocycles. The van der Waals surface area contributed by atoms with Gasteiger partial charge in [0.2, 0.25) is 5.95 Å². The largest absolute Gasteiger partial charge is 0.481 e. The van der Waals surface area contributed by atoms with Gasteiger partial charge in [-0.05, 0) is 13.8 Å². The summed E-state index contributed by atoms with van der Waals surface area (Å²) in [7, 11) is 0. The van der Waals surface area contributed by atoms with Gasteiger partial charge in [-0.25, -0.2) is 9.97 Å². The molecule has 0 atom stereocenters. The van der Waals surface area contributed by atoms with Crippen LogP contribution in [0.5, 0.6) is 0 Å². The van der Waals surface area contributed by atoms with E-state index in [0.29, 0.717) is 11.5 Å². The summed E-state index contributed by atoms with van der Waals surface area (Å²) < 4.78 is 0. The summed E-state index contributed by atoms with van der Waals surface area (Å²) in [5.41, 5.74) is 0.624. The van der Waals surface area contributed by atoms with Crippen molar-refractivity contribution in [1.82, 2.24) is 9.97 Å². The zero-order valence-electron chi connectivity index (χ0n) is 8.97. The van der Waals surface area contributed by atoms with Crippen molar-refractivity contribution < 1.29 is 9.90 Å². The molecule has 1 aromatic heterocycles. The van der Waals surface area contributed by atoms with Gasteiger partial charge >= 0.3 is 5.97 Å². The zero-order chi connectivity index (χ0) is 11.3. The number of hydrogen-bond acceptors (Lipinski definition) is 4. The lowest BCUT2D eigenvalue weighted by Gasteiger charge is -2.17. The Morgan fingerprint density at radius 2 is 1.87 bits per heavy atom. The standard InChI is InChI=1S/C10H15N3O2/c1-3-13(4-2)10-11-6-8(7-12-10)5-9(14)15/h6-7H,3-5H2,1-2H3,(H,14,15). The first-order chi connectivity index (χ1) is 7.17. The summed E-state index contributed by atoms with van der Waals surface area (Å²) in [6.45, 7) is 5.74. The average Bonchev–Trinajstić information content (AvgIpc) is 2.21. The van der Waals surface area contributed by atoms with Crippen LogP contribution in [0.25, 0.3) is 0 Å². The topological polar surface area (TPSA) is 66.3 Å². The molecule has 0 saturated carbocycles. The lowest BCUT2D eigenvalue weighted by atomic mass is 10.2. The van der Waals surface area contributed by atoms with E-state index < -0.39 is 5.97 Å². The molecule has 0 spiro atoms. The summed E-state index contributed by atoms with van der Waals surface area (Å²) in [6.07, 6.45) is 3.10.